The minimum absolute atomic E-state index is 0.0179. The second-order valence-corrected chi connectivity index (χ2v) is 9.00. The lowest BCUT2D eigenvalue weighted by Crippen LogP contribution is -2.50. The zero-order chi connectivity index (χ0) is 24.0. The van der Waals surface area contributed by atoms with Crippen LogP contribution in [0.5, 0.6) is 0 Å². The molecule has 0 radical (unpaired) electrons. The molecule has 1 saturated heterocycles. The number of carbonyl (C=O) groups is 1. The summed E-state index contributed by atoms with van der Waals surface area (Å²) in [5.74, 6) is 0.757. The minimum atomic E-state index is 0.0179. The van der Waals surface area contributed by atoms with Gasteiger partial charge in [-0.3, -0.25) is 9.69 Å². The van der Waals surface area contributed by atoms with Crippen molar-refractivity contribution >= 4 is 5.91 Å². The van der Waals surface area contributed by atoms with Crippen LogP contribution in [0.2, 0.25) is 0 Å². The maximum Gasteiger partial charge on any atom is 0.257 e. The molecule has 1 fully saturated rings. The van der Waals surface area contributed by atoms with E-state index >= 15 is 0 Å². The normalized spacial score (nSPS) is 14.3. The summed E-state index contributed by atoms with van der Waals surface area (Å²) in [6.07, 6.45) is 2.36. The van der Waals surface area contributed by atoms with Gasteiger partial charge in [0.25, 0.3) is 5.91 Å². The van der Waals surface area contributed by atoms with Gasteiger partial charge in [0.15, 0.2) is 0 Å². The lowest BCUT2D eigenvalue weighted by Gasteiger charge is -2.39. The van der Waals surface area contributed by atoms with E-state index in [-0.39, 0.29) is 11.9 Å². The summed E-state index contributed by atoms with van der Waals surface area (Å²) in [4.78, 5) is 26.9. The van der Waals surface area contributed by atoms with Gasteiger partial charge in [0.05, 0.1) is 17.3 Å². The standard InChI is InChI=1S/C30H30N4O/c1-23-27(22-31-28(32-23)21-24-11-5-2-6-12-24)30(35)34-19-17-33(18-20-34)29(25-13-7-3-8-14-25)26-15-9-4-10-16-26/h2-16,22,29H,17-21H2,1H3. The van der Waals surface area contributed by atoms with E-state index < -0.39 is 0 Å². The molecule has 4 aromatic rings. The van der Waals surface area contributed by atoms with Crippen LogP contribution < -0.4 is 0 Å². The Bertz CT molecular complexity index is 1210. The summed E-state index contributed by atoms with van der Waals surface area (Å²) in [6.45, 7) is 4.89. The van der Waals surface area contributed by atoms with Gasteiger partial charge in [-0.05, 0) is 23.6 Å². The fourth-order valence-corrected chi connectivity index (χ4v) is 4.83. The van der Waals surface area contributed by atoms with Crippen molar-refractivity contribution in [2.75, 3.05) is 26.2 Å². The number of nitrogens with zero attached hydrogens (tertiary/aromatic N) is 4. The van der Waals surface area contributed by atoms with Crippen LogP contribution in [0.15, 0.2) is 97.2 Å². The highest BCUT2D eigenvalue weighted by atomic mass is 16.2. The van der Waals surface area contributed by atoms with Crippen molar-refractivity contribution in [3.05, 3.63) is 131 Å². The van der Waals surface area contributed by atoms with Gasteiger partial charge in [-0.1, -0.05) is 91.0 Å². The van der Waals surface area contributed by atoms with Gasteiger partial charge in [0.2, 0.25) is 0 Å². The lowest BCUT2D eigenvalue weighted by molar-refractivity contribution is 0.0595. The predicted molar refractivity (Wildman–Crippen MR) is 138 cm³/mol. The summed E-state index contributed by atoms with van der Waals surface area (Å²) < 4.78 is 0. The third kappa shape index (κ3) is 5.31. The van der Waals surface area contributed by atoms with E-state index in [1.165, 1.54) is 11.1 Å². The number of aromatic nitrogens is 2. The fraction of sp³-hybridized carbons (Fsp3) is 0.233. The summed E-state index contributed by atoms with van der Waals surface area (Å²) in [5.41, 5.74) is 5.05. The molecule has 0 unspecified atom stereocenters. The highest BCUT2D eigenvalue weighted by Crippen LogP contribution is 2.29. The molecule has 5 nitrogen and oxygen atoms in total. The summed E-state index contributed by atoms with van der Waals surface area (Å²) in [7, 11) is 0. The van der Waals surface area contributed by atoms with Crippen LogP contribution in [0.1, 0.15) is 44.6 Å². The third-order valence-corrected chi connectivity index (χ3v) is 6.66. The van der Waals surface area contributed by atoms with Gasteiger partial charge in [0, 0.05) is 38.8 Å². The zero-order valence-corrected chi connectivity index (χ0v) is 20.0. The number of benzene rings is 3. The van der Waals surface area contributed by atoms with Crippen LogP contribution in [-0.4, -0.2) is 51.9 Å². The van der Waals surface area contributed by atoms with E-state index in [9.17, 15) is 4.79 Å². The fourth-order valence-electron chi connectivity index (χ4n) is 4.83. The Morgan fingerprint density at radius 2 is 1.34 bits per heavy atom. The van der Waals surface area contributed by atoms with Gasteiger partial charge in [-0.25, -0.2) is 9.97 Å². The van der Waals surface area contributed by atoms with Crippen molar-refractivity contribution in [2.24, 2.45) is 0 Å². The molecule has 2 heterocycles. The number of piperazine rings is 1. The lowest BCUT2D eigenvalue weighted by atomic mass is 9.96. The van der Waals surface area contributed by atoms with E-state index in [0.29, 0.717) is 25.1 Å². The molecule has 1 aromatic heterocycles. The Labute approximate surface area is 207 Å². The van der Waals surface area contributed by atoms with E-state index in [0.717, 1.165) is 30.2 Å². The van der Waals surface area contributed by atoms with Gasteiger partial charge in [-0.15, -0.1) is 0 Å². The van der Waals surface area contributed by atoms with Crippen molar-refractivity contribution in [1.82, 2.24) is 19.8 Å². The molecule has 1 aliphatic heterocycles. The summed E-state index contributed by atoms with van der Waals surface area (Å²) in [6, 6.07) is 31.6. The topological polar surface area (TPSA) is 49.3 Å². The number of hydrogen-bond acceptors (Lipinski definition) is 4. The molecule has 0 spiro atoms. The van der Waals surface area contributed by atoms with Gasteiger partial charge in [0.1, 0.15) is 5.82 Å². The molecule has 0 atom stereocenters. The average Bonchev–Trinajstić information content (AvgIpc) is 2.91. The highest BCUT2D eigenvalue weighted by molar-refractivity contribution is 5.95. The van der Waals surface area contributed by atoms with Crippen LogP contribution in [0.25, 0.3) is 0 Å². The zero-order valence-electron chi connectivity index (χ0n) is 20.0. The van der Waals surface area contributed by atoms with Crippen LogP contribution in [0, 0.1) is 6.92 Å². The first-order chi connectivity index (χ1) is 17.2. The molecule has 1 amide bonds. The molecule has 0 aliphatic carbocycles. The molecule has 0 bridgehead atoms. The largest absolute Gasteiger partial charge is 0.336 e. The SMILES string of the molecule is Cc1nc(Cc2ccccc2)ncc1C(=O)N1CCN(C(c2ccccc2)c2ccccc2)CC1. The third-order valence-electron chi connectivity index (χ3n) is 6.66. The molecule has 176 valence electrons. The Kier molecular flexibility index (Phi) is 6.96. The van der Waals surface area contributed by atoms with Gasteiger partial charge >= 0.3 is 0 Å². The highest BCUT2D eigenvalue weighted by Gasteiger charge is 2.29. The van der Waals surface area contributed by atoms with Crippen LogP contribution in [0.4, 0.5) is 0 Å². The molecule has 5 rings (SSSR count). The van der Waals surface area contributed by atoms with Crippen molar-refractivity contribution in [2.45, 2.75) is 19.4 Å². The van der Waals surface area contributed by atoms with E-state index in [4.69, 9.17) is 0 Å². The van der Waals surface area contributed by atoms with Crippen molar-refractivity contribution in [1.29, 1.82) is 0 Å². The maximum absolute atomic E-state index is 13.3. The monoisotopic (exact) mass is 462 g/mol. The smallest absolute Gasteiger partial charge is 0.257 e. The molecular weight excluding hydrogens is 432 g/mol. The quantitative estimate of drug-likeness (QED) is 0.408. The first kappa shape index (κ1) is 22.9. The average molecular weight is 463 g/mol. The number of amides is 1. The van der Waals surface area contributed by atoms with Crippen molar-refractivity contribution < 1.29 is 4.79 Å². The number of hydrogen-bond donors (Lipinski definition) is 0. The first-order valence-electron chi connectivity index (χ1n) is 12.2. The van der Waals surface area contributed by atoms with E-state index in [1.807, 2.05) is 30.0 Å². The van der Waals surface area contributed by atoms with Crippen molar-refractivity contribution in [3.63, 3.8) is 0 Å². The molecular formula is C30H30N4O. The van der Waals surface area contributed by atoms with Crippen LogP contribution in [0.3, 0.4) is 0 Å². The van der Waals surface area contributed by atoms with E-state index in [2.05, 4.69) is 87.7 Å². The Morgan fingerprint density at radius 3 is 1.89 bits per heavy atom. The Hall–Kier alpha value is -3.83. The van der Waals surface area contributed by atoms with E-state index in [1.54, 1.807) is 6.20 Å². The first-order valence-corrected chi connectivity index (χ1v) is 12.2. The number of carbonyl (C=O) groups excluding carboxylic acids is 1. The molecule has 35 heavy (non-hydrogen) atoms. The van der Waals surface area contributed by atoms with Crippen LogP contribution in [-0.2, 0) is 6.42 Å². The second-order valence-electron chi connectivity index (χ2n) is 9.00. The maximum atomic E-state index is 13.3. The van der Waals surface area contributed by atoms with Gasteiger partial charge in [-0.2, -0.15) is 0 Å². The van der Waals surface area contributed by atoms with Gasteiger partial charge < -0.3 is 4.90 Å². The van der Waals surface area contributed by atoms with Crippen molar-refractivity contribution in [3.8, 4) is 0 Å². The minimum Gasteiger partial charge on any atom is -0.336 e. The molecule has 0 N–H and O–H groups in total. The summed E-state index contributed by atoms with van der Waals surface area (Å²) in [5, 5.41) is 0. The second kappa shape index (κ2) is 10.6. The molecule has 0 saturated carbocycles. The van der Waals surface area contributed by atoms with Crippen LogP contribution >= 0.6 is 0 Å². The number of rotatable bonds is 6. The molecule has 1 aliphatic rings. The Balaban J connectivity index is 1.28. The molecule has 5 heteroatoms. The predicted octanol–water partition coefficient (Wildman–Crippen LogP) is 4.92. The Morgan fingerprint density at radius 1 is 0.800 bits per heavy atom. The summed E-state index contributed by atoms with van der Waals surface area (Å²) >= 11 is 0. The molecule has 3 aromatic carbocycles. The number of aryl methyl sites for hydroxylation is 1.